The van der Waals surface area contributed by atoms with Crippen molar-refractivity contribution in [2.24, 2.45) is 0 Å². The van der Waals surface area contributed by atoms with E-state index >= 15 is 4.39 Å². The first-order valence-corrected chi connectivity index (χ1v) is 8.22. The second kappa shape index (κ2) is 7.05. The van der Waals surface area contributed by atoms with E-state index in [1.807, 2.05) is 6.92 Å². The number of hydrogen-bond donors (Lipinski definition) is 0. The molecule has 3 rings (SSSR count). The Hall–Kier alpha value is -2.69. The lowest BCUT2D eigenvalue weighted by Gasteiger charge is -2.14. The maximum atomic E-state index is 15.2. The highest BCUT2D eigenvalue weighted by Crippen LogP contribution is 2.32. The number of halogens is 2. The van der Waals surface area contributed by atoms with E-state index in [2.05, 4.69) is 0 Å². The monoisotopic (exact) mass is 343 g/mol. The zero-order valence-corrected chi connectivity index (χ0v) is 14.2. The molecule has 0 aliphatic carbocycles. The first-order valence-electron chi connectivity index (χ1n) is 8.22. The molecular weight excluding hydrogens is 324 g/mol. The lowest BCUT2D eigenvalue weighted by Crippen LogP contribution is -2.11. The summed E-state index contributed by atoms with van der Waals surface area (Å²) < 4.78 is 36.6. The summed E-state index contributed by atoms with van der Waals surface area (Å²) in [6, 6.07) is 8.97. The van der Waals surface area contributed by atoms with E-state index in [4.69, 9.17) is 4.74 Å². The molecule has 0 amide bonds. The summed E-state index contributed by atoms with van der Waals surface area (Å²) in [6.45, 7) is 2.60. The van der Waals surface area contributed by atoms with Crippen molar-refractivity contribution < 1.29 is 13.5 Å². The number of methoxy groups -OCH3 is 1. The van der Waals surface area contributed by atoms with Crippen molar-refractivity contribution in [2.45, 2.75) is 26.3 Å². The van der Waals surface area contributed by atoms with Gasteiger partial charge in [0.15, 0.2) is 11.2 Å². The largest absolute Gasteiger partial charge is 0.497 e. The van der Waals surface area contributed by atoms with Crippen LogP contribution in [0.25, 0.3) is 22.0 Å². The molecule has 0 atom stereocenters. The maximum Gasteiger partial charge on any atom is 0.189 e. The fraction of sp³-hybridized carbons (Fsp3) is 0.250. The molecule has 1 heterocycles. The Balaban J connectivity index is 2.27. The van der Waals surface area contributed by atoms with Gasteiger partial charge in [0.2, 0.25) is 0 Å². The fourth-order valence-corrected chi connectivity index (χ4v) is 2.94. The summed E-state index contributed by atoms with van der Waals surface area (Å²) in [6.07, 6.45) is 3.34. The highest BCUT2D eigenvalue weighted by atomic mass is 19.1. The van der Waals surface area contributed by atoms with Gasteiger partial charge in [-0.3, -0.25) is 4.79 Å². The molecular formula is C20H19F2NO2. The SMILES string of the molecule is CCCCn1ccc(=O)c2cc(F)c(-c3ccc(OC)cc3)c(F)c21. The molecule has 0 N–H and O–H groups in total. The highest BCUT2D eigenvalue weighted by molar-refractivity contribution is 5.86. The van der Waals surface area contributed by atoms with Crippen molar-refractivity contribution in [1.29, 1.82) is 0 Å². The fourth-order valence-electron chi connectivity index (χ4n) is 2.94. The summed E-state index contributed by atoms with van der Waals surface area (Å²) in [5.74, 6) is -0.861. The van der Waals surface area contributed by atoms with Gasteiger partial charge in [0.25, 0.3) is 0 Å². The van der Waals surface area contributed by atoms with Gasteiger partial charge in [-0.25, -0.2) is 8.78 Å². The number of unbranched alkanes of at least 4 members (excludes halogenated alkanes) is 1. The van der Waals surface area contributed by atoms with Crippen LogP contribution >= 0.6 is 0 Å². The molecule has 0 spiro atoms. The summed E-state index contributed by atoms with van der Waals surface area (Å²) in [4.78, 5) is 12.1. The summed E-state index contributed by atoms with van der Waals surface area (Å²) >= 11 is 0. The number of aryl methyl sites for hydroxylation is 1. The Morgan fingerprint density at radius 1 is 1.12 bits per heavy atom. The van der Waals surface area contributed by atoms with Crippen LogP contribution in [0.1, 0.15) is 19.8 Å². The molecule has 0 bridgehead atoms. The van der Waals surface area contributed by atoms with Gasteiger partial charge >= 0.3 is 0 Å². The first kappa shape index (κ1) is 17.1. The number of rotatable bonds is 5. The van der Waals surface area contributed by atoms with E-state index in [1.54, 1.807) is 35.0 Å². The molecule has 3 nitrogen and oxygen atoms in total. The van der Waals surface area contributed by atoms with Crippen molar-refractivity contribution in [3.05, 3.63) is 64.5 Å². The molecule has 25 heavy (non-hydrogen) atoms. The zero-order valence-electron chi connectivity index (χ0n) is 14.2. The minimum atomic E-state index is -0.750. The van der Waals surface area contributed by atoms with Gasteiger partial charge in [0.05, 0.1) is 23.6 Å². The van der Waals surface area contributed by atoms with E-state index in [0.717, 1.165) is 18.9 Å². The van der Waals surface area contributed by atoms with Crippen LogP contribution in [-0.2, 0) is 6.54 Å². The van der Waals surface area contributed by atoms with Crippen molar-refractivity contribution in [3.63, 3.8) is 0 Å². The van der Waals surface area contributed by atoms with Crippen molar-refractivity contribution in [3.8, 4) is 16.9 Å². The average Bonchev–Trinajstić information content (AvgIpc) is 2.62. The quantitative estimate of drug-likeness (QED) is 0.669. The van der Waals surface area contributed by atoms with Gasteiger partial charge in [-0.2, -0.15) is 0 Å². The first-order chi connectivity index (χ1) is 12.1. The predicted molar refractivity (Wildman–Crippen MR) is 95.0 cm³/mol. The standard InChI is InChI=1S/C20H19F2NO2/c1-3-4-10-23-11-9-17(24)15-12-16(21)18(19(22)20(15)23)13-5-7-14(25-2)8-6-13/h5-9,11-12H,3-4,10H2,1-2H3. The van der Waals surface area contributed by atoms with Crippen LogP contribution in [0.4, 0.5) is 8.78 Å². The van der Waals surface area contributed by atoms with E-state index in [9.17, 15) is 9.18 Å². The topological polar surface area (TPSA) is 31.2 Å². The lowest BCUT2D eigenvalue weighted by atomic mass is 10.0. The number of benzene rings is 2. The van der Waals surface area contributed by atoms with Gasteiger partial charge in [-0.05, 0) is 30.2 Å². The molecule has 5 heteroatoms. The number of hydrogen-bond acceptors (Lipinski definition) is 2. The molecule has 0 fully saturated rings. The van der Waals surface area contributed by atoms with Crippen LogP contribution in [-0.4, -0.2) is 11.7 Å². The third-order valence-corrected chi connectivity index (χ3v) is 4.28. The number of aromatic nitrogens is 1. The lowest BCUT2D eigenvalue weighted by molar-refractivity contribution is 0.415. The molecule has 0 saturated heterocycles. The van der Waals surface area contributed by atoms with Crippen molar-refractivity contribution in [2.75, 3.05) is 7.11 Å². The van der Waals surface area contributed by atoms with E-state index in [0.29, 0.717) is 17.9 Å². The van der Waals surface area contributed by atoms with Crippen LogP contribution in [0, 0.1) is 11.6 Å². The molecule has 130 valence electrons. The minimum Gasteiger partial charge on any atom is -0.497 e. The van der Waals surface area contributed by atoms with Crippen LogP contribution in [0.15, 0.2) is 47.4 Å². The Kier molecular flexibility index (Phi) is 4.83. The van der Waals surface area contributed by atoms with E-state index < -0.39 is 11.6 Å². The van der Waals surface area contributed by atoms with Crippen LogP contribution < -0.4 is 10.2 Å². The number of fused-ring (bicyclic) bond motifs is 1. The number of ether oxygens (including phenoxy) is 1. The highest BCUT2D eigenvalue weighted by Gasteiger charge is 2.19. The normalized spacial score (nSPS) is 11.0. The molecule has 0 saturated carbocycles. The van der Waals surface area contributed by atoms with Crippen LogP contribution in [0.3, 0.4) is 0 Å². The van der Waals surface area contributed by atoms with Crippen LogP contribution in [0.5, 0.6) is 5.75 Å². The molecule has 3 aromatic rings. The molecule has 0 aliphatic rings. The van der Waals surface area contributed by atoms with Gasteiger partial charge < -0.3 is 9.30 Å². The summed E-state index contributed by atoms with van der Waals surface area (Å²) in [5.41, 5.74) is 0.0250. The third kappa shape index (κ3) is 3.14. The Morgan fingerprint density at radius 2 is 1.84 bits per heavy atom. The van der Waals surface area contributed by atoms with Gasteiger partial charge in [-0.15, -0.1) is 0 Å². The Morgan fingerprint density at radius 3 is 2.48 bits per heavy atom. The van der Waals surface area contributed by atoms with Gasteiger partial charge in [0.1, 0.15) is 11.6 Å². The van der Waals surface area contributed by atoms with E-state index in [1.165, 1.54) is 13.2 Å². The average molecular weight is 343 g/mol. The number of nitrogens with zero attached hydrogens (tertiary/aromatic N) is 1. The smallest absolute Gasteiger partial charge is 0.189 e. The zero-order chi connectivity index (χ0) is 18.0. The molecule has 0 aliphatic heterocycles. The molecule has 0 radical (unpaired) electrons. The predicted octanol–water partition coefficient (Wildman–Crippen LogP) is 4.76. The van der Waals surface area contributed by atoms with Crippen molar-refractivity contribution in [1.82, 2.24) is 4.57 Å². The minimum absolute atomic E-state index is 0.0610. The van der Waals surface area contributed by atoms with Crippen LogP contribution in [0.2, 0.25) is 0 Å². The van der Waals surface area contributed by atoms with Gasteiger partial charge in [0, 0.05) is 18.8 Å². The molecule has 2 aromatic carbocycles. The summed E-state index contributed by atoms with van der Waals surface area (Å²) in [5, 5.41) is 0.0610. The Bertz CT molecular complexity index is 962. The summed E-state index contributed by atoms with van der Waals surface area (Å²) in [7, 11) is 1.53. The Labute approximate surface area is 144 Å². The van der Waals surface area contributed by atoms with Crippen molar-refractivity contribution >= 4 is 10.9 Å². The van der Waals surface area contributed by atoms with Gasteiger partial charge in [-0.1, -0.05) is 25.5 Å². The maximum absolute atomic E-state index is 15.2. The molecule has 0 unspecified atom stereocenters. The second-order valence-corrected chi connectivity index (χ2v) is 5.90. The number of pyridine rings is 1. The second-order valence-electron chi connectivity index (χ2n) is 5.90. The van der Waals surface area contributed by atoms with E-state index in [-0.39, 0.29) is 21.9 Å². The molecule has 1 aromatic heterocycles. The third-order valence-electron chi connectivity index (χ3n) is 4.28.